The van der Waals surface area contributed by atoms with Crippen molar-refractivity contribution in [2.45, 2.75) is 283 Å². The first kappa shape index (κ1) is 51.1. The van der Waals surface area contributed by atoms with E-state index in [1.54, 1.807) is 6.08 Å². The molecular weight excluding hydrogens is 639 g/mol. The van der Waals surface area contributed by atoms with Crippen LogP contribution in [-0.4, -0.2) is 34.9 Å². The molecule has 0 heterocycles. The van der Waals surface area contributed by atoms with Gasteiger partial charge in [-0.2, -0.15) is 0 Å². The highest BCUT2D eigenvalue weighted by molar-refractivity contribution is 5.76. The van der Waals surface area contributed by atoms with E-state index in [1.165, 1.54) is 225 Å². The van der Waals surface area contributed by atoms with E-state index in [4.69, 9.17) is 0 Å². The van der Waals surface area contributed by atoms with Crippen molar-refractivity contribution in [2.75, 3.05) is 6.61 Å². The summed E-state index contributed by atoms with van der Waals surface area (Å²) >= 11 is 0. The van der Waals surface area contributed by atoms with Crippen molar-refractivity contribution >= 4 is 5.91 Å². The number of hydrogen-bond donors (Lipinski definition) is 3. The van der Waals surface area contributed by atoms with Gasteiger partial charge in [0.2, 0.25) is 5.91 Å². The molecule has 0 aromatic carbocycles. The van der Waals surface area contributed by atoms with Crippen LogP contribution in [0.4, 0.5) is 0 Å². The summed E-state index contributed by atoms with van der Waals surface area (Å²) in [4.78, 5) is 12.4. The molecule has 0 saturated carbocycles. The van der Waals surface area contributed by atoms with Crippen LogP contribution in [-0.2, 0) is 4.79 Å². The fraction of sp³-hybridized carbons (Fsp3) is 0.938. The molecule has 0 fully saturated rings. The number of aliphatic hydroxyl groups is 2. The Hall–Kier alpha value is -0.870. The van der Waals surface area contributed by atoms with Crippen molar-refractivity contribution in [3.8, 4) is 0 Å². The number of unbranched alkanes of at least 4 members (excludes halogenated alkanes) is 37. The third-order valence-electron chi connectivity index (χ3n) is 11.3. The van der Waals surface area contributed by atoms with Crippen LogP contribution in [0, 0.1) is 0 Å². The number of amides is 1. The molecule has 0 spiro atoms. The van der Waals surface area contributed by atoms with E-state index in [0.29, 0.717) is 6.42 Å². The van der Waals surface area contributed by atoms with E-state index in [1.807, 2.05) is 6.08 Å². The van der Waals surface area contributed by atoms with Crippen molar-refractivity contribution < 1.29 is 15.0 Å². The number of nitrogens with one attached hydrogen (secondary N) is 1. The number of carbonyl (C=O) groups excluding carboxylic acids is 1. The van der Waals surface area contributed by atoms with Gasteiger partial charge in [-0.05, 0) is 19.3 Å². The fourth-order valence-corrected chi connectivity index (χ4v) is 7.59. The second-order valence-electron chi connectivity index (χ2n) is 16.5. The molecule has 310 valence electrons. The van der Waals surface area contributed by atoms with E-state index < -0.39 is 12.1 Å². The molecule has 52 heavy (non-hydrogen) atoms. The van der Waals surface area contributed by atoms with Crippen LogP contribution in [0.5, 0.6) is 0 Å². The average Bonchev–Trinajstić information content (AvgIpc) is 3.15. The Morgan fingerprint density at radius 2 is 0.712 bits per heavy atom. The van der Waals surface area contributed by atoms with Gasteiger partial charge in [-0.1, -0.05) is 257 Å². The minimum Gasteiger partial charge on any atom is -0.394 e. The van der Waals surface area contributed by atoms with Crippen molar-refractivity contribution in [2.24, 2.45) is 0 Å². The summed E-state index contributed by atoms with van der Waals surface area (Å²) in [5, 5.41) is 23.0. The summed E-state index contributed by atoms with van der Waals surface area (Å²) in [6.45, 7) is 4.33. The zero-order valence-corrected chi connectivity index (χ0v) is 35.6. The van der Waals surface area contributed by atoms with Gasteiger partial charge in [-0.15, -0.1) is 0 Å². The van der Waals surface area contributed by atoms with Crippen molar-refractivity contribution in [1.82, 2.24) is 5.32 Å². The van der Waals surface area contributed by atoms with Gasteiger partial charge in [0, 0.05) is 6.42 Å². The highest BCUT2D eigenvalue weighted by atomic mass is 16.3. The van der Waals surface area contributed by atoms with Gasteiger partial charge in [0.1, 0.15) is 0 Å². The third-order valence-corrected chi connectivity index (χ3v) is 11.3. The van der Waals surface area contributed by atoms with Gasteiger partial charge in [-0.3, -0.25) is 4.79 Å². The number of aliphatic hydroxyl groups excluding tert-OH is 2. The molecule has 0 saturated heterocycles. The zero-order chi connectivity index (χ0) is 37.8. The first-order valence-electron chi connectivity index (χ1n) is 23.9. The zero-order valence-electron chi connectivity index (χ0n) is 35.6. The summed E-state index contributed by atoms with van der Waals surface area (Å²) in [5.74, 6) is -0.0604. The minimum atomic E-state index is -0.834. The topological polar surface area (TPSA) is 69.6 Å². The number of allylic oxidation sites excluding steroid dienone is 1. The molecule has 4 heteroatoms. The Kier molecular flexibility index (Phi) is 43.8. The van der Waals surface area contributed by atoms with Crippen molar-refractivity contribution in [3.05, 3.63) is 12.2 Å². The Bertz CT molecular complexity index is 710. The van der Waals surface area contributed by atoms with Gasteiger partial charge >= 0.3 is 0 Å². The van der Waals surface area contributed by atoms with Gasteiger partial charge in [0.15, 0.2) is 0 Å². The Morgan fingerprint density at radius 1 is 0.442 bits per heavy atom. The molecule has 3 N–H and O–H groups in total. The first-order chi connectivity index (χ1) is 25.7. The van der Waals surface area contributed by atoms with Crippen molar-refractivity contribution in [1.29, 1.82) is 0 Å². The molecule has 0 radical (unpaired) electrons. The lowest BCUT2D eigenvalue weighted by molar-refractivity contribution is -0.123. The van der Waals surface area contributed by atoms with E-state index in [9.17, 15) is 15.0 Å². The predicted molar refractivity (Wildman–Crippen MR) is 230 cm³/mol. The monoisotopic (exact) mass is 734 g/mol. The van der Waals surface area contributed by atoms with Gasteiger partial charge < -0.3 is 15.5 Å². The summed E-state index contributed by atoms with van der Waals surface area (Å²) < 4.78 is 0. The molecular formula is C48H95NO3. The van der Waals surface area contributed by atoms with Gasteiger partial charge in [-0.25, -0.2) is 0 Å². The van der Waals surface area contributed by atoms with Crippen LogP contribution >= 0.6 is 0 Å². The molecule has 0 aromatic rings. The lowest BCUT2D eigenvalue weighted by atomic mass is 10.0. The molecule has 2 unspecified atom stereocenters. The fourth-order valence-electron chi connectivity index (χ4n) is 7.59. The summed E-state index contributed by atoms with van der Waals surface area (Å²) in [7, 11) is 0. The Labute approximate surface area is 327 Å². The van der Waals surface area contributed by atoms with Crippen LogP contribution in [0.3, 0.4) is 0 Å². The highest BCUT2D eigenvalue weighted by Crippen LogP contribution is 2.17. The number of hydrogen-bond acceptors (Lipinski definition) is 3. The van der Waals surface area contributed by atoms with E-state index in [0.717, 1.165) is 25.7 Å². The minimum absolute atomic E-state index is 0.0604. The maximum absolute atomic E-state index is 12.4. The summed E-state index contributed by atoms with van der Waals surface area (Å²) in [6.07, 6.45) is 56.3. The average molecular weight is 734 g/mol. The standard InChI is InChI=1S/C48H95NO3/c1-3-5-7-9-11-13-15-17-18-19-20-21-22-23-24-25-26-27-28-29-30-32-33-35-37-39-41-43-47(51)46(45-50)49-48(52)44-42-40-38-36-34-31-16-14-12-10-8-6-4-2/h41,43,46-47,50-51H,3-40,42,44-45H2,1-2H3,(H,49,52)/b43-41+. The summed E-state index contributed by atoms with van der Waals surface area (Å²) in [5.41, 5.74) is 0. The Balaban J connectivity index is 3.46. The van der Waals surface area contributed by atoms with E-state index in [2.05, 4.69) is 19.2 Å². The van der Waals surface area contributed by atoms with E-state index >= 15 is 0 Å². The molecule has 0 rings (SSSR count). The second kappa shape index (κ2) is 44.5. The van der Waals surface area contributed by atoms with Gasteiger partial charge in [0.25, 0.3) is 0 Å². The SMILES string of the molecule is CCCCCCCCCCCCCCCCCCCCCCCCCCC/C=C/C(O)C(CO)NC(=O)CCCCCCCCCCCCCCC. The lowest BCUT2D eigenvalue weighted by Gasteiger charge is -2.20. The molecule has 1 amide bonds. The van der Waals surface area contributed by atoms with Crippen LogP contribution in [0.25, 0.3) is 0 Å². The van der Waals surface area contributed by atoms with Crippen LogP contribution < -0.4 is 5.32 Å². The smallest absolute Gasteiger partial charge is 0.220 e. The second-order valence-corrected chi connectivity index (χ2v) is 16.5. The van der Waals surface area contributed by atoms with Crippen LogP contribution in [0.2, 0.25) is 0 Å². The maximum atomic E-state index is 12.4. The normalized spacial score (nSPS) is 12.9. The molecule has 4 nitrogen and oxygen atoms in total. The molecule has 0 aromatic heterocycles. The molecule has 2 atom stereocenters. The summed E-state index contributed by atoms with van der Waals surface area (Å²) in [6, 6.07) is -0.616. The quantitative estimate of drug-likeness (QED) is 0.0431. The van der Waals surface area contributed by atoms with Crippen molar-refractivity contribution in [3.63, 3.8) is 0 Å². The molecule has 0 aliphatic rings. The largest absolute Gasteiger partial charge is 0.394 e. The first-order valence-corrected chi connectivity index (χ1v) is 23.9. The Morgan fingerprint density at radius 3 is 1.00 bits per heavy atom. The lowest BCUT2D eigenvalue weighted by Crippen LogP contribution is -2.45. The van der Waals surface area contributed by atoms with Gasteiger partial charge in [0.05, 0.1) is 18.8 Å². The molecule has 0 bridgehead atoms. The predicted octanol–water partition coefficient (Wildman–Crippen LogP) is 15.0. The number of rotatable bonds is 44. The molecule has 0 aliphatic heterocycles. The molecule has 0 aliphatic carbocycles. The third kappa shape index (κ3) is 40.3. The number of carbonyl (C=O) groups is 1. The van der Waals surface area contributed by atoms with Crippen LogP contribution in [0.15, 0.2) is 12.2 Å². The van der Waals surface area contributed by atoms with Crippen LogP contribution in [0.1, 0.15) is 271 Å². The highest BCUT2D eigenvalue weighted by Gasteiger charge is 2.18. The maximum Gasteiger partial charge on any atom is 0.220 e. The van der Waals surface area contributed by atoms with E-state index in [-0.39, 0.29) is 12.5 Å².